The van der Waals surface area contributed by atoms with Crippen molar-refractivity contribution >= 4 is 5.82 Å². The summed E-state index contributed by atoms with van der Waals surface area (Å²) < 4.78 is 38.4. The van der Waals surface area contributed by atoms with Gasteiger partial charge in [0.05, 0.1) is 6.54 Å². The van der Waals surface area contributed by atoms with Crippen molar-refractivity contribution in [2.75, 3.05) is 18.5 Å². The number of anilines is 1. The highest BCUT2D eigenvalue weighted by Gasteiger charge is 2.30. The third-order valence-corrected chi connectivity index (χ3v) is 2.53. The number of hydrogen-bond acceptors (Lipinski definition) is 3. The number of pyridine rings is 1. The van der Waals surface area contributed by atoms with Gasteiger partial charge < -0.3 is 4.90 Å². The van der Waals surface area contributed by atoms with E-state index in [-0.39, 0.29) is 0 Å². The van der Waals surface area contributed by atoms with Gasteiger partial charge in [-0.25, -0.2) is 0 Å². The zero-order valence-electron chi connectivity index (χ0n) is 10.3. The van der Waals surface area contributed by atoms with E-state index in [4.69, 9.17) is 0 Å². The van der Waals surface area contributed by atoms with E-state index in [9.17, 15) is 13.2 Å². The third kappa shape index (κ3) is 3.97. The Labute approximate surface area is 108 Å². The summed E-state index contributed by atoms with van der Waals surface area (Å²) in [5.41, 5.74) is 0.989. The van der Waals surface area contributed by atoms with Crippen LogP contribution in [0.1, 0.15) is 5.56 Å². The molecule has 0 saturated heterocycles. The van der Waals surface area contributed by atoms with Crippen LogP contribution in [0, 0.1) is 0 Å². The van der Waals surface area contributed by atoms with E-state index in [0.29, 0.717) is 12.4 Å². The van der Waals surface area contributed by atoms with Crippen LogP contribution in [0.5, 0.6) is 0 Å². The maximum Gasteiger partial charge on any atom is 0.405 e. The molecule has 0 N–H and O–H groups in total. The molecular weight excluding hydrogens is 257 g/mol. The van der Waals surface area contributed by atoms with Crippen molar-refractivity contribution in [3.05, 3.63) is 42.4 Å². The van der Waals surface area contributed by atoms with Crippen molar-refractivity contribution in [2.45, 2.75) is 12.7 Å². The number of hydrogen-bond donors (Lipinski definition) is 0. The lowest BCUT2D eigenvalue weighted by molar-refractivity contribution is -0.119. The molecule has 4 nitrogen and oxygen atoms in total. The SMILES string of the molecule is CN(CC(F)(F)F)c1ccn(Cc2ccncc2)n1. The zero-order valence-corrected chi connectivity index (χ0v) is 10.3. The molecule has 19 heavy (non-hydrogen) atoms. The lowest BCUT2D eigenvalue weighted by atomic mass is 10.3. The van der Waals surface area contributed by atoms with Crippen molar-refractivity contribution in [2.24, 2.45) is 0 Å². The van der Waals surface area contributed by atoms with Crippen LogP contribution in [0.3, 0.4) is 0 Å². The summed E-state index contributed by atoms with van der Waals surface area (Å²) in [5.74, 6) is 0.298. The predicted molar refractivity (Wildman–Crippen MR) is 64.9 cm³/mol. The van der Waals surface area contributed by atoms with Crippen LogP contribution >= 0.6 is 0 Å². The van der Waals surface area contributed by atoms with Gasteiger partial charge in [-0.1, -0.05) is 0 Å². The van der Waals surface area contributed by atoms with E-state index in [0.717, 1.165) is 10.5 Å². The van der Waals surface area contributed by atoms with E-state index in [2.05, 4.69) is 10.1 Å². The molecule has 2 aromatic heterocycles. The van der Waals surface area contributed by atoms with Gasteiger partial charge in [-0.05, 0) is 17.7 Å². The Bertz CT molecular complexity index is 521. The molecule has 0 radical (unpaired) electrons. The van der Waals surface area contributed by atoms with Crippen molar-refractivity contribution in [1.82, 2.24) is 14.8 Å². The number of alkyl halides is 3. The first-order valence-corrected chi connectivity index (χ1v) is 5.64. The van der Waals surface area contributed by atoms with Crippen molar-refractivity contribution in [3.8, 4) is 0 Å². The van der Waals surface area contributed by atoms with Gasteiger partial charge in [0.1, 0.15) is 6.54 Å². The second kappa shape index (κ2) is 5.29. The van der Waals surface area contributed by atoms with Crippen LogP contribution in [0.2, 0.25) is 0 Å². The van der Waals surface area contributed by atoms with Crippen LogP contribution in [-0.4, -0.2) is 34.5 Å². The molecule has 2 rings (SSSR count). The molecule has 102 valence electrons. The predicted octanol–water partition coefficient (Wildman–Crippen LogP) is 2.32. The molecule has 0 saturated carbocycles. The lowest BCUT2D eigenvalue weighted by Gasteiger charge is -2.17. The molecule has 0 aliphatic heterocycles. The van der Waals surface area contributed by atoms with Crippen molar-refractivity contribution in [1.29, 1.82) is 0 Å². The Balaban J connectivity index is 2.03. The molecule has 0 aromatic carbocycles. The maximum atomic E-state index is 12.3. The molecule has 0 bridgehead atoms. The molecule has 0 atom stereocenters. The topological polar surface area (TPSA) is 34.0 Å². The summed E-state index contributed by atoms with van der Waals surface area (Å²) in [5, 5.41) is 4.11. The maximum absolute atomic E-state index is 12.3. The minimum Gasteiger partial charge on any atom is -0.349 e. The fourth-order valence-corrected chi connectivity index (χ4v) is 1.67. The van der Waals surface area contributed by atoms with E-state index in [1.165, 1.54) is 7.05 Å². The molecule has 0 aliphatic rings. The van der Waals surface area contributed by atoms with E-state index >= 15 is 0 Å². The van der Waals surface area contributed by atoms with Crippen molar-refractivity contribution < 1.29 is 13.2 Å². The van der Waals surface area contributed by atoms with Gasteiger partial charge >= 0.3 is 6.18 Å². The molecule has 0 amide bonds. The summed E-state index contributed by atoms with van der Waals surface area (Å²) in [7, 11) is 1.37. The van der Waals surface area contributed by atoms with Gasteiger partial charge in [0.25, 0.3) is 0 Å². The second-order valence-electron chi connectivity index (χ2n) is 4.20. The Hall–Kier alpha value is -2.05. The first-order valence-electron chi connectivity index (χ1n) is 5.64. The van der Waals surface area contributed by atoms with Crippen LogP contribution < -0.4 is 4.90 Å². The smallest absolute Gasteiger partial charge is 0.349 e. The first kappa shape index (κ1) is 13.4. The van der Waals surface area contributed by atoms with Crippen LogP contribution in [0.15, 0.2) is 36.8 Å². The minimum atomic E-state index is -4.23. The quantitative estimate of drug-likeness (QED) is 0.855. The Morgan fingerprint density at radius 3 is 2.53 bits per heavy atom. The monoisotopic (exact) mass is 270 g/mol. The van der Waals surface area contributed by atoms with Gasteiger partial charge in [0.15, 0.2) is 5.82 Å². The lowest BCUT2D eigenvalue weighted by Crippen LogP contribution is -2.31. The zero-order chi connectivity index (χ0) is 13.9. The minimum absolute atomic E-state index is 0.298. The van der Waals surface area contributed by atoms with Gasteiger partial charge in [-0.15, -0.1) is 0 Å². The summed E-state index contributed by atoms with van der Waals surface area (Å²) in [4.78, 5) is 4.97. The number of halogens is 3. The highest BCUT2D eigenvalue weighted by Crippen LogP contribution is 2.19. The Morgan fingerprint density at radius 1 is 1.21 bits per heavy atom. The van der Waals surface area contributed by atoms with Gasteiger partial charge in [-0.3, -0.25) is 9.67 Å². The standard InChI is InChI=1S/C12H13F3N4/c1-18(9-12(13,14)15)11-4-7-19(17-11)8-10-2-5-16-6-3-10/h2-7H,8-9H2,1H3. The Morgan fingerprint density at radius 2 is 1.89 bits per heavy atom. The number of nitrogens with zero attached hydrogens (tertiary/aromatic N) is 4. The molecule has 0 fully saturated rings. The molecular formula is C12H13F3N4. The molecule has 0 unspecified atom stereocenters. The van der Waals surface area contributed by atoms with Crippen LogP contribution in [-0.2, 0) is 6.54 Å². The molecule has 7 heteroatoms. The fourth-order valence-electron chi connectivity index (χ4n) is 1.67. The summed E-state index contributed by atoms with van der Waals surface area (Å²) in [6.45, 7) is -0.512. The van der Waals surface area contributed by atoms with Gasteiger partial charge in [0, 0.05) is 31.7 Å². The molecule has 0 spiro atoms. The summed E-state index contributed by atoms with van der Waals surface area (Å²) >= 11 is 0. The van der Waals surface area contributed by atoms with Crippen LogP contribution in [0.4, 0.5) is 19.0 Å². The third-order valence-electron chi connectivity index (χ3n) is 2.53. The second-order valence-corrected chi connectivity index (χ2v) is 4.20. The van der Waals surface area contributed by atoms with E-state index < -0.39 is 12.7 Å². The highest BCUT2D eigenvalue weighted by atomic mass is 19.4. The normalized spacial score (nSPS) is 11.6. The molecule has 2 heterocycles. The largest absolute Gasteiger partial charge is 0.405 e. The van der Waals surface area contributed by atoms with Crippen molar-refractivity contribution in [3.63, 3.8) is 0 Å². The fraction of sp³-hybridized carbons (Fsp3) is 0.333. The molecule has 0 aliphatic carbocycles. The van der Waals surface area contributed by atoms with E-state index in [1.54, 1.807) is 29.3 Å². The van der Waals surface area contributed by atoms with Crippen LogP contribution in [0.25, 0.3) is 0 Å². The van der Waals surface area contributed by atoms with E-state index in [1.807, 2.05) is 12.1 Å². The molecule has 2 aromatic rings. The number of aromatic nitrogens is 3. The Kier molecular flexibility index (Phi) is 3.73. The first-order chi connectivity index (χ1) is 8.94. The average Bonchev–Trinajstić information content (AvgIpc) is 2.77. The van der Waals surface area contributed by atoms with Gasteiger partial charge in [-0.2, -0.15) is 18.3 Å². The average molecular weight is 270 g/mol. The van der Waals surface area contributed by atoms with Gasteiger partial charge in [0.2, 0.25) is 0 Å². The number of rotatable bonds is 4. The highest BCUT2D eigenvalue weighted by molar-refractivity contribution is 5.36. The summed E-state index contributed by atoms with van der Waals surface area (Å²) in [6, 6.07) is 5.23. The summed E-state index contributed by atoms with van der Waals surface area (Å²) in [6.07, 6.45) is 0.747.